The second-order valence-corrected chi connectivity index (χ2v) is 11.4. The third-order valence-electron chi connectivity index (χ3n) is 6.75. The molecule has 0 fully saturated rings. The summed E-state index contributed by atoms with van der Waals surface area (Å²) in [6.45, 7) is 5.87. The Balaban J connectivity index is 1.36. The molecule has 0 radical (unpaired) electrons. The standard InChI is InChI=1S/C34H35Cl2N3O5/c1-21(2)16-29(38-33(40)22(3)44-30-15-13-26(35)18-28(30)36)34(41)39-37-19-23-12-14-31(32(17-23)42-4)43-20-25-10-7-9-24-8-5-6-11-27(24)25/h5-15,17-19,21-22,29H,16,20H2,1-4H3,(H,38,40)(H,39,41)/b37-19-/t22-,29+/m1/s1. The van der Waals surface area contributed by atoms with Gasteiger partial charge in [-0.15, -0.1) is 0 Å². The molecule has 0 aliphatic rings. The number of nitrogens with zero attached hydrogens (tertiary/aromatic N) is 1. The van der Waals surface area contributed by atoms with Crippen molar-refractivity contribution in [2.45, 2.75) is 45.9 Å². The van der Waals surface area contributed by atoms with Crippen molar-refractivity contribution < 1.29 is 23.8 Å². The van der Waals surface area contributed by atoms with Gasteiger partial charge in [-0.25, -0.2) is 5.43 Å². The maximum absolute atomic E-state index is 13.0. The molecule has 4 aromatic rings. The summed E-state index contributed by atoms with van der Waals surface area (Å²) in [5.41, 5.74) is 4.28. The van der Waals surface area contributed by atoms with E-state index in [2.05, 4.69) is 34.0 Å². The topological polar surface area (TPSA) is 98.2 Å². The van der Waals surface area contributed by atoms with Crippen LogP contribution in [0.15, 0.2) is 84.0 Å². The molecule has 4 rings (SSSR count). The maximum atomic E-state index is 13.0. The number of ether oxygens (including phenoxy) is 3. The van der Waals surface area contributed by atoms with Crippen LogP contribution >= 0.6 is 23.2 Å². The quantitative estimate of drug-likeness (QED) is 0.120. The first-order valence-corrected chi connectivity index (χ1v) is 14.9. The lowest BCUT2D eigenvalue weighted by molar-refractivity contribution is -0.132. The molecule has 0 spiro atoms. The smallest absolute Gasteiger partial charge is 0.262 e. The Labute approximate surface area is 267 Å². The fourth-order valence-electron chi connectivity index (χ4n) is 4.51. The Morgan fingerprint density at radius 1 is 0.886 bits per heavy atom. The van der Waals surface area contributed by atoms with E-state index < -0.39 is 24.0 Å². The van der Waals surface area contributed by atoms with Gasteiger partial charge in [-0.1, -0.05) is 79.5 Å². The third kappa shape index (κ3) is 8.88. The minimum Gasteiger partial charge on any atom is -0.493 e. The number of benzene rings is 4. The van der Waals surface area contributed by atoms with Crippen LogP contribution in [0.5, 0.6) is 17.2 Å². The molecular weight excluding hydrogens is 601 g/mol. The van der Waals surface area contributed by atoms with E-state index in [9.17, 15) is 9.59 Å². The van der Waals surface area contributed by atoms with E-state index in [-0.39, 0.29) is 10.9 Å². The van der Waals surface area contributed by atoms with E-state index in [1.165, 1.54) is 12.3 Å². The normalized spacial score (nSPS) is 12.6. The molecule has 0 aliphatic carbocycles. The van der Waals surface area contributed by atoms with Crippen LogP contribution < -0.4 is 25.0 Å². The van der Waals surface area contributed by atoms with Crippen molar-refractivity contribution in [2.75, 3.05) is 7.11 Å². The largest absolute Gasteiger partial charge is 0.493 e. The Kier molecular flexibility index (Phi) is 11.5. The first kappa shape index (κ1) is 32.6. The van der Waals surface area contributed by atoms with E-state index in [1.54, 1.807) is 38.3 Å². The molecular formula is C34H35Cl2N3O5. The maximum Gasteiger partial charge on any atom is 0.262 e. The SMILES string of the molecule is COc1cc(/C=N\NC(=O)[C@H](CC(C)C)NC(=O)[C@@H](C)Oc2ccc(Cl)cc2Cl)ccc1OCc1cccc2ccccc12. The highest BCUT2D eigenvalue weighted by Crippen LogP contribution is 2.30. The molecule has 0 unspecified atom stereocenters. The Bertz CT molecular complexity index is 1640. The summed E-state index contributed by atoms with van der Waals surface area (Å²) in [6, 6.07) is 23.5. The van der Waals surface area contributed by atoms with Crippen LogP contribution in [0.2, 0.25) is 10.0 Å². The average molecular weight is 637 g/mol. The minimum absolute atomic E-state index is 0.127. The Hall–Kier alpha value is -4.27. The summed E-state index contributed by atoms with van der Waals surface area (Å²) in [5, 5.41) is 9.88. The number of rotatable bonds is 13. The Morgan fingerprint density at radius 3 is 2.39 bits per heavy atom. The predicted octanol–water partition coefficient (Wildman–Crippen LogP) is 7.18. The lowest BCUT2D eigenvalue weighted by Gasteiger charge is -2.22. The fraction of sp³-hybridized carbons (Fsp3) is 0.265. The minimum atomic E-state index is -0.909. The van der Waals surface area contributed by atoms with Gasteiger partial charge >= 0.3 is 0 Å². The van der Waals surface area contributed by atoms with Crippen molar-refractivity contribution in [1.82, 2.24) is 10.7 Å². The van der Waals surface area contributed by atoms with Crippen LogP contribution in [-0.4, -0.2) is 37.3 Å². The highest BCUT2D eigenvalue weighted by atomic mass is 35.5. The molecule has 0 bridgehead atoms. The second-order valence-electron chi connectivity index (χ2n) is 10.6. The summed E-state index contributed by atoms with van der Waals surface area (Å²) < 4.78 is 17.3. The summed E-state index contributed by atoms with van der Waals surface area (Å²) in [5.74, 6) is 0.626. The zero-order valence-corrected chi connectivity index (χ0v) is 26.5. The number of hydrogen-bond donors (Lipinski definition) is 2. The van der Waals surface area contributed by atoms with E-state index in [1.807, 2.05) is 44.2 Å². The summed E-state index contributed by atoms with van der Waals surface area (Å²) in [4.78, 5) is 25.9. The predicted molar refractivity (Wildman–Crippen MR) is 175 cm³/mol. The van der Waals surface area contributed by atoms with Gasteiger partial charge in [-0.05, 0) is 77.6 Å². The lowest BCUT2D eigenvalue weighted by Crippen LogP contribution is -2.49. The van der Waals surface area contributed by atoms with Crippen molar-refractivity contribution in [3.63, 3.8) is 0 Å². The molecule has 0 saturated heterocycles. The van der Waals surface area contributed by atoms with Crippen LogP contribution in [0.1, 0.15) is 38.3 Å². The van der Waals surface area contributed by atoms with Gasteiger partial charge in [0.15, 0.2) is 17.6 Å². The molecule has 2 N–H and O–H groups in total. The second kappa shape index (κ2) is 15.5. The van der Waals surface area contributed by atoms with Crippen molar-refractivity contribution >= 4 is 52.0 Å². The summed E-state index contributed by atoms with van der Waals surface area (Å²) in [7, 11) is 1.56. The number of amides is 2. The van der Waals surface area contributed by atoms with E-state index in [0.717, 1.165) is 16.3 Å². The summed E-state index contributed by atoms with van der Waals surface area (Å²) >= 11 is 12.1. The molecule has 2 amide bonds. The van der Waals surface area contributed by atoms with E-state index >= 15 is 0 Å². The van der Waals surface area contributed by atoms with Gasteiger partial charge in [0, 0.05) is 5.02 Å². The number of fused-ring (bicyclic) bond motifs is 1. The number of carbonyl (C=O) groups is 2. The highest BCUT2D eigenvalue weighted by Gasteiger charge is 2.25. The molecule has 0 aromatic heterocycles. The van der Waals surface area contributed by atoms with Gasteiger partial charge in [0.05, 0.1) is 18.3 Å². The highest BCUT2D eigenvalue weighted by molar-refractivity contribution is 6.35. The number of carbonyl (C=O) groups excluding carboxylic acids is 2. The van der Waals surface area contributed by atoms with Crippen LogP contribution in [0.25, 0.3) is 10.8 Å². The van der Waals surface area contributed by atoms with Gasteiger partial charge in [0.2, 0.25) is 0 Å². The van der Waals surface area contributed by atoms with Crippen molar-refractivity contribution in [1.29, 1.82) is 0 Å². The molecule has 230 valence electrons. The molecule has 10 heteroatoms. The fourth-order valence-corrected chi connectivity index (χ4v) is 4.97. The zero-order valence-electron chi connectivity index (χ0n) is 25.0. The van der Waals surface area contributed by atoms with Gasteiger partial charge in [0.1, 0.15) is 18.4 Å². The van der Waals surface area contributed by atoms with Crippen molar-refractivity contribution in [2.24, 2.45) is 11.0 Å². The molecule has 2 atom stereocenters. The molecule has 0 aliphatic heterocycles. The van der Waals surface area contributed by atoms with Crippen molar-refractivity contribution in [3.05, 3.63) is 100 Å². The molecule has 8 nitrogen and oxygen atoms in total. The first-order chi connectivity index (χ1) is 21.1. The molecule has 4 aromatic carbocycles. The van der Waals surface area contributed by atoms with Crippen LogP contribution in [0.3, 0.4) is 0 Å². The lowest BCUT2D eigenvalue weighted by atomic mass is 10.0. The van der Waals surface area contributed by atoms with Gasteiger partial charge in [-0.3, -0.25) is 9.59 Å². The van der Waals surface area contributed by atoms with E-state index in [0.29, 0.717) is 40.9 Å². The van der Waals surface area contributed by atoms with Crippen LogP contribution in [0, 0.1) is 5.92 Å². The molecule has 44 heavy (non-hydrogen) atoms. The number of methoxy groups -OCH3 is 1. The van der Waals surface area contributed by atoms with Crippen molar-refractivity contribution in [3.8, 4) is 17.2 Å². The van der Waals surface area contributed by atoms with Crippen LogP contribution in [-0.2, 0) is 16.2 Å². The Morgan fingerprint density at radius 2 is 1.64 bits per heavy atom. The van der Waals surface area contributed by atoms with Gasteiger partial charge in [0.25, 0.3) is 11.8 Å². The monoisotopic (exact) mass is 635 g/mol. The number of halogens is 2. The molecule has 0 heterocycles. The number of hydrazone groups is 1. The molecule has 0 saturated carbocycles. The van der Waals surface area contributed by atoms with E-state index in [4.69, 9.17) is 37.4 Å². The van der Waals surface area contributed by atoms with Crippen LogP contribution in [0.4, 0.5) is 0 Å². The average Bonchev–Trinajstić information content (AvgIpc) is 3.00. The third-order valence-corrected chi connectivity index (χ3v) is 7.28. The number of nitrogens with one attached hydrogen (secondary N) is 2. The zero-order chi connectivity index (χ0) is 31.6. The van der Waals surface area contributed by atoms with Gasteiger partial charge < -0.3 is 19.5 Å². The first-order valence-electron chi connectivity index (χ1n) is 14.2. The van der Waals surface area contributed by atoms with Gasteiger partial charge in [-0.2, -0.15) is 5.10 Å². The number of hydrogen-bond acceptors (Lipinski definition) is 6. The summed E-state index contributed by atoms with van der Waals surface area (Å²) in [6.07, 6.45) is 0.989.